The van der Waals surface area contributed by atoms with Gasteiger partial charge < -0.3 is 20.9 Å². The van der Waals surface area contributed by atoms with Gasteiger partial charge in [0.15, 0.2) is 0 Å². The third-order valence-corrected chi connectivity index (χ3v) is 5.76. The van der Waals surface area contributed by atoms with Crippen LogP contribution in [0.5, 0.6) is 0 Å². The molecule has 0 spiro atoms. The third-order valence-electron chi connectivity index (χ3n) is 5.18. The van der Waals surface area contributed by atoms with Crippen molar-refractivity contribution in [1.82, 2.24) is 14.9 Å². The number of carbonyl (C=O) groups is 1. The topological polar surface area (TPSA) is 82.2 Å². The molecule has 3 aromatic carbocycles. The molecule has 0 aliphatic carbocycles. The number of aryl methyl sites for hydroxylation is 1. The van der Waals surface area contributed by atoms with Gasteiger partial charge in [0.05, 0.1) is 15.8 Å². The van der Waals surface area contributed by atoms with Crippen LogP contribution >= 0.6 is 15.9 Å². The summed E-state index contributed by atoms with van der Waals surface area (Å²) in [7, 11) is 3.90. The van der Waals surface area contributed by atoms with E-state index in [1.807, 2.05) is 68.4 Å². The van der Waals surface area contributed by atoms with E-state index < -0.39 is 0 Å². The number of rotatable bonds is 8. The molecule has 0 fully saturated rings. The highest BCUT2D eigenvalue weighted by Gasteiger charge is 2.10. The molecule has 0 saturated carbocycles. The van der Waals surface area contributed by atoms with Crippen molar-refractivity contribution in [2.75, 3.05) is 36.6 Å². The molecular weight excluding hydrogens is 504 g/mol. The maximum Gasteiger partial charge on any atom is 0.248 e. The molecular formula is C27H27BrN6O. The fourth-order valence-corrected chi connectivity index (χ4v) is 3.74. The van der Waals surface area contributed by atoms with Crippen molar-refractivity contribution in [1.29, 1.82) is 0 Å². The molecule has 1 amide bonds. The van der Waals surface area contributed by atoms with E-state index in [-0.39, 0.29) is 5.91 Å². The zero-order chi connectivity index (χ0) is 24.8. The summed E-state index contributed by atoms with van der Waals surface area (Å²) in [5, 5.41) is 11.8. The van der Waals surface area contributed by atoms with E-state index in [4.69, 9.17) is 0 Å². The van der Waals surface area contributed by atoms with Gasteiger partial charge in [-0.25, -0.2) is 4.98 Å². The SMILES string of the molecule is Cc1ccc(Nc2ncc(Br)c(Nc3ccc4ccccc4c3)n2)c(NC(=O)/C=C/CN(C)C)c1. The predicted molar refractivity (Wildman–Crippen MR) is 148 cm³/mol. The number of anilines is 5. The van der Waals surface area contributed by atoms with Crippen molar-refractivity contribution in [3.8, 4) is 0 Å². The van der Waals surface area contributed by atoms with Crippen LogP contribution in [0.25, 0.3) is 10.8 Å². The quantitative estimate of drug-likeness (QED) is 0.234. The standard InChI is InChI=1S/C27H27BrN6O/c1-18-10-13-23(24(15-18)31-25(35)9-6-14-34(2)3)32-27-29-17-22(28)26(33-27)30-21-12-11-19-7-4-5-8-20(19)16-21/h4-13,15-17H,14H2,1-3H3,(H,31,35)(H2,29,30,32,33)/b9-6+. The molecule has 8 heteroatoms. The van der Waals surface area contributed by atoms with Gasteiger partial charge in [0.25, 0.3) is 0 Å². The third kappa shape index (κ3) is 6.65. The average Bonchev–Trinajstić information content (AvgIpc) is 2.82. The Hall–Kier alpha value is -3.75. The van der Waals surface area contributed by atoms with Crippen molar-refractivity contribution in [2.45, 2.75) is 6.92 Å². The van der Waals surface area contributed by atoms with Crippen molar-refractivity contribution in [3.05, 3.63) is 89.0 Å². The molecule has 1 heterocycles. The Bertz CT molecular complexity index is 1390. The van der Waals surface area contributed by atoms with Crippen molar-refractivity contribution in [3.63, 3.8) is 0 Å². The van der Waals surface area contributed by atoms with Crippen molar-refractivity contribution >= 4 is 61.4 Å². The van der Waals surface area contributed by atoms with E-state index in [9.17, 15) is 4.79 Å². The number of amides is 1. The van der Waals surface area contributed by atoms with Crippen LogP contribution in [-0.2, 0) is 4.79 Å². The molecule has 0 unspecified atom stereocenters. The number of hydrogen-bond acceptors (Lipinski definition) is 6. The summed E-state index contributed by atoms with van der Waals surface area (Å²) in [6.07, 6.45) is 5.05. The number of benzene rings is 3. The van der Waals surface area contributed by atoms with Crippen molar-refractivity contribution < 1.29 is 4.79 Å². The smallest absolute Gasteiger partial charge is 0.248 e. The van der Waals surface area contributed by atoms with Gasteiger partial charge in [-0.3, -0.25) is 4.79 Å². The van der Waals surface area contributed by atoms with E-state index in [0.29, 0.717) is 29.7 Å². The Morgan fingerprint density at radius 2 is 1.80 bits per heavy atom. The monoisotopic (exact) mass is 530 g/mol. The highest BCUT2D eigenvalue weighted by Crippen LogP contribution is 2.29. The molecule has 1 aromatic heterocycles. The summed E-state index contributed by atoms with van der Waals surface area (Å²) in [6.45, 7) is 2.66. The maximum absolute atomic E-state index is 12.4. The molecule has 0 atom stereocenters. The molecule has 0 bridgehead atoms. The van der Waals surface area contributed by atoms with E-state index in [1.165, 1.54) is 11.5 Å². The Kier molecular flexibility index (Phi) is 7.74. The molecule has 0 saturated heterocycles. The predicted octanol–water partition coefficient (Wildman–Crippen LogP) is 6.24. The van der Waals surface area contributed by atoms with Gasteiger partial charge in [0.2, 0.25) is 11.9 Å². The minimum Gasteiger partial charge on any atom is -0.339 e. The fourth-order valence-electron chi connectivity index (χ4n) is 3.45. The number of carbonyl (C=O) groups excluding carboxylic acids is 1. The zero-order valence-corrected chi connectivity index (χ0v) is 21.4. The van der Waals surface area contributed by atoms with Crippen LogP contribution in [0, 0.1) is 6.92 Å². The first kappa shape index (κ1) is 24.4. The Morgan fingerprint density at radius 3 is 2.60 bits per heavy atom. The zero-order valence-electron chi connectivity index (χ0n) is 19.8. The maximum atomic E-state index is 12.4. The lowest BCUT2D eigenvalue weighted by atomic mass is 10.1. The summed E-state index contributed by atoms with van der Waals surface area (Å²) < 4.78 is 0.736. The summed E-state index contributed by atoms with van der Waals surface area (Å²) in [5.74, 6) is 0.831. The van der Waals surface area contributed by atoms with Crippen LogP contribution in [0.3, 0.4) is 0 Å². The van der Waals surface area contributed by atoms with Crippen LogP contribution in [0.4, 0.5) is 28.8 Å². The molecule has 4 aromatic rings. The van der Waals surface area contributed by atoms with E-state index >= 15 is 0 Å². The Labute approximate surface area is 213 Å². The van der Waals surface area contributed by atoms with E-state index in [0.717, 1.165) is 21.1 Å². The molecule has 3 N–H and O–H groups in total. The largest absolute Gasteiger partial charge is 0.339 e. The number of fused-ring (bicyclic) bond motifs is 1. The molecule has 35 heavy (non-hydrogen) atoms. The second-order valence-electron chi connectivity index (χ2n) is 8.40. The molecule has 0 aliphatic rings. The fraction of sp³-hybridized carbons (Fsp3) is 0.148. The van der Waals surface area contributed by atoms with E-state index in [2.05, 4.69) is 66.1 Å². The molecule has 0 aliphatic heterocycles. The van der Waals surface area contributed by atoms with E-state index in [1.54, 1.807) is 6.20 Å². The molecule has 7 nitrogen and oxygen atoms in total. The van der Waals surface area contributed by atoms with Crippen LogP contribution in [0.2, 0.25) is 0 Å². The first-order chi connectivity index (χ1) is 16.9. The van der Waals surface area contributed by atoms with Crippen LogP contribution in [-0.4, -0.2) is 41.4 Å². The minimum atomic E-state index is -0.198. The Balaban J connectivity index is 1.54. The number of nitrogens with zero attached hydrogens (tertiary/aromatic N) is 3. The van der Waals surface area contributed by atoms with Gasteiger partial charge in [-0.05, 0) is 77.6 Å². The highest BCUT2D eigenvalue weighted by molar-refractivity contribution is 9.10. The summed E-state index contributed by atoms with van der Waals surface area (Å²) in [4.78, 5) is 23.4. The molecule has 0 radical (unpaired) electrons. The number of halogens is 1. The lowest BCUT2D eigenvalue weighted by molar-refractivity contribution is -0.111. The van der Waals surface area contributed by atoms with Gasteiger partial charge in [0.1, 0.15) is 5.82 Å². The number of hydrogen-bond donors (Lipinski definition) is 3. The second-order valence-corrected chi connectivity index (χ2v) is 9.26. The highest BCUT2D eigenvalue weighted by atomic mass is 79.9. The number of aromatic nitrogens is 2. The average molecular weight is 531 g/mol. The number of likely N-dealkylation sites (N-methyl/N-ethyl adjacent to an activating group) is 1. The Morgan fingerprint density at radius 1 is 1.00 bits per heavy atom. The van der Waals surface area contributed by atoms with Gasteiger partial charge >= 0.3 is 0 Å². The molecule has 4 rings (SSSR count). The second kappa shape index (κ2) is 11.1. The first-order valence-electron chi connectivity index (χ1n) is 11.2. The van der Waals surface area contributed by atoms with Gasteiger partial charge in [-0.15, -0.1) is 0 Å². The summed E-state index contributed by atoms with van der Waals surface area (Å²) in [6, 6.07) is 20.1. The minimum absolute atomic E-state index is 0.198. The first-order valence-corrected chi connectivity index (χ1v) is 11.9. The lowest BCUT2D eigenvalue weighted by Gasteiger charge is -2.14. The lowest BCUT2D eigenvalue weighted by Crippen LogP contribution is -2.13. The van der Waals surface area contributed by atoms with Gasteiger partial charge in [0, 0.05) is 24.5 Å². The van der Waals surface area contributed by atoms with Gasteiger partial charge in [-0.1, -0.05) is 42.5 Å². The van der Waals surface area contributed by atoms with Crippen LogP contribution < -0.4 is 16.0 Å². The van der Waals surface area contributed by atoms with Crippen LogP contribution in [0.1, 0.15) is 5.56 Å². The molecule has 178 valence electrons. The van der Waals surface area contributed by atoms with Crippen LogP contribution in [0.15, 0.2) is 83.5 Å². The number of nitrogens with one attached hydrogen (secondary N) is 3. The van der Waals surface area contributed by atoms with Crippen molar-refractivity contribution in [2.24, 2.45) is 0 Å². The normalized spacial score (nSPS) is 11.2. The summed E-state index contributed by atoms with van der Waals surface area (Å²) >= 11 is 3.53. The van der Waals surface area contributed by atoms with Gasteiger partial charge in [-0.2, -0.15) is 4.98 Å². The summed E-state index contributed by atoms with van der Waals surface area (Å²) in [5.41, 5.74) is 3.30.